The number of hydrogen-bond donors (Lipinski definition) is 3. The first-order valence-corrected chi connectivity index (χ1v) is 37.5. The van der Waals surface area contributed by atoms with Gasteiger partial charge in [-0.3, -0.25) is 14.4 Å². The predicted octanol–water partition coefficient (Wildman–Crippen LogP) is 6.03. The molecule has 4 heterocycles. The Morgan fingerprint density at radius 1 is 0.559 bits per heavy atom. The van der Waals surface area contributed by atoms with E-state index in [0.29, 0.717) is 128 Å². The number of carboxylic acid groups (broad SMARTS) is 1. The number of carboxylic acids is 1. The van der Waals surface area contributed by atoms with E-state index in [-0.39, 0.29) is 141 Å². The first-order valence-electron chi connectivity index (χ1n) is 36.9. The monoisotopic (exact) mass is 1330 g/mol. The van der Waals surface area contributed by atoms with E-state index >= 15 is 0 Å². The molecule has 16 fully saturated rings. The van der Waals surface area contributed by atoms with Crippen LogP contribution in [0.2, 0.25) is 0 Å². The molecule has 2 unspecified atom stereocenters. The Hall–Kier alpha value is -1.03. The van der Waals surface area contributed by atoms with E-state index in [1.807, 2.05) is 9.80 Å². The van der Waals surface area contributed by atoms with Crippen molar-refractivity contribution in [1.29, 1.82) is 0 Å². The van der Waals surface area contributed by atoms with Gasteiger partial charge in [0, 0.05) is 43.2 Å². The van der Waals surface area contributed by atoms with E-state index in [0.717, 1.165) is 51.2 Å². The van der Waals surface area contributed by atoms with Crippen LogP contribution in [0.4, 0.5) is 0 Å². The maximum atomic E-state index is 12.9. The molecule has 0 aromatic rings. The molecule has 12 aliphatic carbocycles. The third-order valence-corrected chi connectivity index (χ3v) is 32.1. The largest absolute Gasteiger partial charge is 1.00 e. The fourth-order valence-corrected chi connectivity index (χ4v) is 27.5. The number of aldehydes is 1. The van der Waals surface area contributed by atoms with Crippen molar-refractivity contribution in [3.8, 4) is 0 Å². The molecule has 0 aromatic heterocycles. The SMILES string of the molecule is C[C@@H]1C[C@H](CC(=O)O)O[C@H]2[C@H]1[C@@]1(C)CC[C@@]34C[C@@]35CCC(O[C@H]3CN(C(=O)CC6CC6)CCO3)C(C)(C)[C@@H]5CC[C@H]4[C@]1(C)[C@H]2O.C[C@@H]1C[C@H](CC=O)O[C@H]2[C@H]1[C@@]1(C)CC[C@@]34C[C@@]35CCC(O[C@H]3CN(C(=O)CC6CC6)CCO3)C(C)(C)[C@@H]5CC[C@H]4[C@]1(C)[C@H]2O.[Na+].[O-][Cl+][O-]. The Labute approximate surface area is 580 Å². The molecule has 2 amide bonds. The zero-order valence-corrected chi connectivity index (χ0v) is 61.1. The number of amides is 2. The van der Waals surface area contributed by atoms with Gasteiger partial charge >= 0.3 is 35.5 Å². The molecule has 4 spiro atoms. The summed E-state index contributed by atoms with van der Waals surface area (Å²) in [6, 6.07) is 0. The minimum absolute atomic E-state index is 0. The Kier molecular flexibility index (Phi) is 18.9. The summed E-state index contributed by atoms with van der Waals surface area (Å²) >= 11 is -0.417. The number of aliphatic hydroxyl groups is 2. The minimum atomic E-state index is -0.818. The summed E-state index contributed by atoms with van der Waals surface area (Å²) in [5.41, 5.74) is 0.840. The summed E-state index contributed by atoms with van der Waals surface area (Å²) in [6.07, 6.45) is 23.4. The second-order valence-corrected chi connectivity index (χ2v) is 36.3. The van der Waals surface area contributed by atoms with Gasteiger partial charge in [-0.05, 0) is 231 Å². The normalized spacial score (nSPS) is 51.3. The molecule has 26 atom stereocenters. The number of hydrogen-bond acceptors (Lipinski definition) is 14. The number of ether oxygens (including phenoxy) is 6. The molecule has 0 radical (unpaired) electrons. The number of carbonyl (C=O) groups is 4. The summed E-state index contributed by atoms with van der Waals surface area (Å²) < 4.78 is 55.5. The van der Waals surface area contributed by atoms with Gasteiger partial charge in [0.15, 0.2) is 12.6 Å². The van der Waals surface area contributed by atoms with E-state index in [9.17, 15) is 34.5 Å². The van der Waals surface area contributed by atoms with E-state index < -0.39 is 29.5 Å². The van der Waals surface area contributed by atoms with Gasteiger partial charge < -0.3 is 67.7 Å². The molecule has 16 rings (SSSR count). The maximum absolute atomic E-state index is 12.9. The molecule has 19 heteroatoms. The second kappa shape index (κ2) is 24.9. The molecule has 12 saturated carbocycles. The Morgan fingerprint density at radius 3 is 1.34 bits per heavy atom. The zero-order valence-electron chi connectivity index (χ0n) is 58.4. The van der Waals surface area contributed by atoms with Gasteiger partial charge in [-0.2, -0.15) is 0 Å². The minimum Gasteiger partial charge on any atom is -0.544 e. The summed E-state index contributed by atoms with van der Waals surface area (Å²) in [6.45, 7) is 27.7. The fourth-order valence-electron chi connectivity index (χ4n) is 27.5. The number of nitrogens with zero attached hydrogens (tertiary/aromatic N) is 2. The first-order chi connectivity index (χ1) is 43.6. The van der Waals surface area contributed by atoms with Crippen LogP contribution < -0.4 is 38.9 Å². The third kappa shape index (κ3) is 10.7. The zero-order chi connectivity index (χ0) is 65.3. The summed E-state index contributed by atoms with van der Waals surface area (Å²) in [7, 11) is 0. The molecule has 4 saturated heterocycles. The van der Waals surface area contributed by atoms with Crippen LogP contribution in [-0.2, 0) is 47.6 Å². The van der Waals surface area contributed by atoms with Crippen LogP contribution in [0.1, 0.15) is 223 Å². The number of aliphatic carboxylic acids is 1. The van der Waals surface area contributed by atoms with E-state index in [4.69, 9.17) is 37.7 Å². The van der Waals surface area contributed by atoms with Crippen molar-refractivity contribution in [2.45, 2.75) is 285 Å². The molecule has 518 valence electrons. The Morgan fingerprint density at radius 2 is 0.946 bits per heavy atom. The van der Waals surface area contributed by atoms with E-state index in [2.05, 4.69) is 69.2 Å². The van der Waals surface area contributed by atoms with E-state index in [1.54, 1.807) is 0 Å². The average Bonchev–Trinajstić information content (AvgIpc) is 1.47. The van der Waals surface area contributed by atoms with Crippen LogP contribution in [0.3, 0.4) is 0 Å². The maximum Gasteiger partial charge on any atom is 1.00 e. The summed E-state index contributed by atoms with van der Waals surface area (Å²) in [4.78, 5) is 52.6. The molecular weight excluding hydrogens is 1220 g/mol. The van der Waals surface area contributed by atoms with Gasteiger partial charge in [0.05, 0.1) is 92.9 Å². The quantitative estimate of drug-likeness (QED) is 0.149. The van der Waals surface area contributed by atoms with Gasteiger partial charge in [0.2, 0.25) is 11.8 Å². The van der Waals surface area contributed by atoms with Crippen LogP contribution in [0.15, 0.2) is 0 Å². The third-order valence-electron chi connectivity index (χ3n) is 32.1. The van der Waals surface area contributed by atoms with Crippen LogP contribution in [0, 0.1) is 125 Å². The van der Waals surface area contributed by atoms with Crippen LogP contribution in [0.25, 0.3) is 0 Å². The van der Waals surface area contributed by atoms with Crippen molar-refractivity contribution < 1.29 is 113 Å². The number of rotatable bonds is 12. The second-order valence-electron chi connectivity index (χ2n) is 36.2. The first kappa shape index (κ1) is 70.4. The number of halogens is 1. The standard InChI is InChI=1S/C37H57NO7.C37H57NO6.ClO2.Na/c1-21-16-23(18-28(40)41)44-31-30(21)34(4)12-13-37-20-36(37)11-10-26(33(2,3)24(36)8-9-25(37)35(34,5)32(31)42)45-29-19-38(14-15-43-29)27(39)17-22-6-7-22;1-22-18-24(11-16-39)43-31-30(22)34(4)13-14-37-21-36(37)12-10-27(33(2,3)25(36)8-9-26(37)35(34,5)32(31)41)44-29-20-38(15-17-42-29)28(40)19-23-6-7-23;2-1-3;/h21-26,29-32,42H,6-20H2,1-5H3,(H,40,41);16,22-27,29-32,41H,6-15,17-21H2,1-5H3;;/q;;-1;+1/t21-,23-,24+,25+,26?,29+,30+,31+,32+,34-,35-,36-,37+;22-,24+,25+,26+,27?,29+,30+,31+,32+,34-,35-,36-,37+;;/m11../s1. The van der Waals surface area contributed by atoms with Crippen molar-refractivity contribution in [2.24, 2.45) is 113 Å². The van der Waals surface area contributed by atoms with Gasteiger partial charge in [0.25, 0.3) is 0 Å². The molecule has 16 aliphatic rings. The van der Waals surface area contributed by atoms with Gasteiger partial charge in [-0.15, -0.1) is 0 Å². The number of fused-ring (bicyclic) bond motifs is 8. The molecule has 17 nitrogen and oxygen atoms in total. The van der Waals surface area contributed by atoms with Crippen LogP contribution in [-0.4, -0.2) is 150 Å². The number of carbonyl (C=O) groups excluding carboxylic acids is 3. The molecule has 3 N–H and O–H groups in total. The van der Waals surface area contributed by atoms with Crippen molar-refractivity contribution in [1.82, 2.24) is 9.80 Å². The van der Waals surface area contributed by atoms with Crippen molar-refractivity contribution in [3.05, 3.63) is 0 Å². The molecule has 0 bridgehead atoms. The molecule has 4 aliphatic heterocycles. The fraction of sp³-hybridized carbons (Fsp3) is 0.946. The van der Waals surface area contributed by atoms with Gasteiger partial charge in [-0.1, -0.05) is 69.2 Å². The molecule has 93 heavy (non-hydrogen) atoms. The smallest absolute Gasteiger partial charge is 0.544 e. The molecule has 0 aromatic carbocycles. The Bertz CT molecular complexity index is 2830. The average molecular weight is 1330 g/mol. The van der Waals surface area contributed by atoms with Crippen molar-refractivity contribution in [3.63, 3.8) is 0 Å². The summed E-state index contributed by atoms with van der Waals surface area (Å²) in [5, 5.41) is 34.1. The van der Waals surface area contributed by atoms with Gasteiger partial charge in [-0.25, -0.2) is 0 Å². The van der Waals surface area contributed by atoms with Crippen LogP contribution in [0.5, 0.6) is 0 Å². The molecular formula is C74H114ClN2NaO15. The Balaban J connectivity index is 0.000000161. The predicted molar refractivity (Wildman–Crippen MR) is 332 cm³/mol. The van der Waals surface area contributed by atoms with Crippen molar-refractivity contribution >= 4 is 24.1 Å². The van der Waals surface area contributed by atoms with E-state index in [1.165, 1.54) is 83.5 Å². The summed E-state index contributed by atoms with van der Waals surface area (Å²) in [5.74, 6) is 4.44. The number of aliphatic hydroxyl groups excluding tert-OH is 2. The number of morpholine rings is 2. The van der Waals surface area contributed by atoms with Crippen molar-refractivity contribution in [2.75, 3.05) is 39.4 Å². The topological polar surface area (TPSA) is 237 Å². The van der Waals surface area contributed by atoms with Crippen LogP contribution >= 0.6 is 0 Å². The van der Waals surface area contributed by atoms with Gasteiger partial charge in [0.1, 0.15) is 6.29 Å².